The van der Waals surface area contributed by atoms with E-state index in [0.29, 0.717) is 10.6 Å². The quantitative estimate of drug-likeness (QED) is 0.890. The van der Waals surface area contributed by atoms with Gasteiger partial charge in [-0.25, -0.2) is 4.79 Å². The molecule has 3 nitrogen and oxygen atoms in total. The third kappa shape index (κ3) is 3.48. The number of hydrogen-bond donors (Lipinski definition) is 2. The van der Waals surface area contributed by atoms with Crippen LogP contribution in [0.1, 0.15) is 17.2 Å². The molecule has 2 rings (SSSR count). The number of carbonyl (C=O) groups is 1. The van der Waals surface area contributed by atoms with Crippen LogP contribution in [-0.2, 0) is 4.79 Å². The molecule has 1 unspecified atom stereocenters. The van der Waals surface area contributed by atoms with Gasteiger partial charge < -0.3 is 10.4 Å². The van der Waals surface area contributed by atoms with Crippen LogP contribution in [0, 0.1) is 6.92 Å². The van der Waals surface area contributed by atoms with Crippen molar-refractivity contribution in [3.63, 3.8) is 0 Å². The molecule has 0 aliphatic carbocycles. The minimum absolute atomic E-state index is 0.586. The van der Waals surface area contributed by atoms with Gasteiger partial charge in [0.15, 0.2) is 6.04 Å². The Labute approximate surface area is 116 Å². The Kier molecular flexibility index (Phi) is 4.07. The Balaban J connectivity index is 2.23. The van der Waals surface area contributed by atoms with Crippen LogP contribution < -0.4 is 5.32 Å². The number of aryl methyl sites for hydroxylation is 1. The lowest BCUT2D eigenvalue weighted by molar-refractivity contribution is -0.138. The van der Waals surface area contributed by atoms with Gasteiger partial charge in [-0.1, -0.05) is 41.4 Å². The van der Waals surface area contributed by atoms with Gasteiger partial charge in [-0.3, -0.25) is 0 Å². The van der Waals surface area contributed by atoms with Crippen LogP contribution in [0.3, 0.4) is 0 Å². The molecule has 0 spiro atoms. The minimum atomic E-state index is -0.928. The maximum atomic E-state index is 11.4. The standard InChI is InChI=1S/C15H14ClNO2/c1-10-2-8-13(9-3-10)17-14(15(18)19)11-4-6-12(16)7-5-11/h2-9,14,17H,1H3,(H,18,19). The molecule has 0 aliphatic rings. The zero-order valence-electron chi connectivity index (χ0n) is 10.4. The molecule has 0 radical (unpaired) electrons. The van der Waals surface area contributed by atoms with E-state index >= 15 is 0 Å². The van der Waals surface area contributed by atoms with Crippen LogP contribution in [0.25, 0.3) is 0 Å². The first-order valence-corrected chi connectivity index (χ1v) is 6.25. The van der Waals surface area contributed by atoms with Gasteiger partial charge in [0.1, 0.15) is 0 Å². The molecule has 0 saturated heterocycles. The number of rotatable bonds is 4. The van der Waals surface area contributed by atoms with Gasteiger partial charge >= 0.3 is 5.97 Å². The molecule has 2 aromatic rings. The molecule has 2 N–H and O–H groups in total. The molecular weight excluding hydrogens is 262 g/mol. The fourth-order valence-electron chi connectivity index (χ4n) is 1.76. The van der Waals surface area contributed by atoms with E-state index in [9.17, 15) is 9.90 Å². The van der Waals surface area contributed by atoms with Crippen molar-refractivity contribution in [1.29, 1.82) is 0 Å². The fourth-order valence-corrected chi connectivity index (χ4v) is 1.89. The lowest BCUT2D eigenvalue weighted by Gasteiger charge is -2.16. The minimum Gasteiger partial charge on any atom is -0.479 e. The van der Waals surface area contributed by atoms with Gasteiger partial charge in [-0.05, 0) is 36.8 Å². The number of carboxylic acid groups (broad SMARTS) is 1. The topological polar surface area (TPSA) is 49.3 Å². The van der Waals surface area contributed by atoms with Crippen LogP contribution >= 0.6 is 11.6 Å². The number of carboxylic acids is 1. The second-order valence-electron chi connectivity index (χ2n) is 4.33. The van der Waals surface area contributed by atoms with E-state index in [2.05, 4.69) is 5.32 Å². The van der Waals surface area contributed by atoms with E-state index in [4.69, 9.17) is 11.6 Å². The molecule has 19 heavy (non-hydrogen) atoms. The third-order valence-electron chi connectivity index (χ3n) is 2.81. The van der Waals surface area contributed by atoms with Gasteiger partial charge in [-0.2, -0.15) is 0 Å². The number of aliphatic carboxylic acids is 1. The second kappa shape index (κ2) is 5.76. The van der Waals surface area contributed by atoms with Crippen LogP contribution in [0.2, 0.25) is 5.02 Å². The van der Waals surface area contributed by atoms with Crippen LogP contribution in [0.15, 0.2) is 48.5 Å². The van der Waals surface area contributed by atoms with Crippen molar-refractivity contribution in [3.8, 4) is 0 Å². The Bertz CT molecular complexity index is 564. The Morgan fingerprint density at radius 2 is 1.68 bits per heavy atom. The molecule has 0 bridgehead atoms. The van der Waals surface area contributed by atoms with Gasteiger partial charge in [0.25, 0.3) is 0 Å². The molecule has 0 amide bonds. The summed E-state index contributed by atoms with van der Waals surface area (Å²) >= 11 is 5.81. The van der Waals surface area contributed by atoms with Gasteiger partial charge in [0.05, 0.1) is 0 Å². The fraction of sp³-hybridized carbons (Fsp3) is 0.133. The van der Waals surface area contributed by atoms with Crippen molar-refractivity contribution >= 4 is 23.3 Å². The number of hydrogen-bond acceptors (Lipinski definition) is 2. The summed E-state index contributed by atoms with van der Waals surface area (Å²) in [6, 6.07) is 13.6. The van der Waals surface area contributed by atoms with Crippen molar-refractivity contribution in [1.82, 2.24) is 0 Å². The van der Waals surface area contributed by atoms with E-state index in [1.165, 1.54) is 0 Å². The molecular formula is C15H14ClNO2. The summed E-state index contributed by atoms with van der Waals surface area (Å²) in [5, 5.41) is 12.9. The average Bonchev–Trinajstić information content (AvgIpc) is 2.39. The van der Waals surface area contributed by atoms with E-state index < -0.39 is 12.0 Å². The largest absolute Gasteiger partial charge is 0.479 e. The zero-order valence-corrected chi connectivity index (χ0v) is 11.2. The lowest BCUT2D eigenvalue weighted by Crippen LogP contribution is -2.20. The highest BCUT2D eigenvalue weighted by Gasteiger charge is 2.19. The summed E-state index contributed by atoms with van der Waals surface area (Å²) in [7, 11) is 0. The third-order valence-corrected chi connectivity index (χ3v) is 3.06. The first-order valence-electron chi connectivity index (χ1n) is 5.88. The van der Waals surface area contributed by atoms with Crippen molar-refractivity contribution in [2.75, 3.05) is 5.32 Å². The molecule has 98 valence electrons. The van der Waals surface area contributed by atoms with Gasteiger partial charge in [0.2, 0.25) is 0 Å². The molecule has 0 fully saturated rings. The zero-order chi connectivity index (χ0) is 13.8. The van der Waals surface area contributed by atoms with Crippen LogP contribution in [-0.4, -0.2) is 11.1 Å². The molecule has 1 atom stereocenters. The number of anilines is 1. The predicted octanol–water partition coefficient (Wildman–Crippen LogP) is 3.89. The first kappa shape index (κ1) is 13.4. The summed E-state index contributed by atoms with van der Waals surface area (Å²) in [5.41, 5.74) is 2.56. The molecule has 2 aromatic carbocycles. The number of halogens is 1. The molecule has 0 aliphatic heterocycles. The highest BCUT2D eigenvalue weighted by Crippen LogP contribution is 2.22. The van der Waals surface area contributed by atoms with Crippen molar-refractivity contribution in [3.05, 3.63) is 64.7 Å². The summed E-state index contributed by atoms with van der Waals surface area (Å²) in [4.78, 5) is 11.4. The monoisotopic (exact) mass is 275 g/mol. The summed E-state index contributed by atoms with van der Waals surface area (Å²) < 4.78 is 0. The van der Waals surface area contributed by atoms with Crippen molar-refractivity contribution in [2.45, 2.75) is 13.0 Å². The maximum Gasteiger partial charge on any atom is 0.330 e. The van der Waals surface area contributed by atoms with Crippen molar-refractivity contribution < 1.29 is 9.90 Å². The van der Waals surface area contributed by atoms with E-state index in [1.807, 2.05) is 31.2 Å². The lowest BCUT2D eigenvalue weighted by atomic mass is 10.1. The highest BCUT2D eigenvalue weighted by molar-refractivity contribution is 6.30. The number of benzene rings is 2. The summed E-state index contributed by atoms with van der Waals surface area (Å²) in [6.07, 6.45) is 0. The molecule has 0 saturated carbocycles. The molecule has 0 aromatic heterocycles. The van der Waals surface area contributed by atoms with Crippen LogP contribution in [0.5, 0.6) is 0 Å². The second-order valence-corrected chi connectivity index (χ2v) is 4.77. The summed E-state index contributed by atoms with van der Waals surface area (Å²) in [6.45, 7) is 1.98. The first-order chi connectivity index (χ1) is 9.06. The normalized spacial score (nSPS) is 11.9. The van der Waals surface area contributed by atoms with Gasteiger partial charge in [-0.15, -0.1) is 0 Å². The maximum absolute atomic E-state index is 11.4. The SMILES string of the molecule is Cc1ccc(NC(C(=O)O)c2ccc(Cl)cc2)cc1. The highest BCUT2D eigenvalue weighted by atomic mass is 35.5. The van der Waals surface area contributed by atoms with Gasteiger partial charge in [0, 0.05) is 10.7 Å². The van der Waals surface area contributed by atoms with E-state index in [0.717, 1.165) is 11.3 Å². The van der Waals surface area contributed by atoms with E-state index in [-0.39, 0.29) is 0 Å². The Morgan fingerprint density at radius 3 is 2.21 bits per heavy atom. The number of nitrogens with one attached hydrogen (secondary N) is 1. The van der Waals surface area contributed by atoms with Crippen molar-refractivity contribution in [2.24, 2.45) is 0 Å². The smallest absolute Gasteiger partial charge is 0.330 e. The van der Waals surface area contributed by atoms with Crippen LogP contribution in [0.4, 0.5) is 5.69 Å². The van der Waals surface area contributed by atoms with E-state index in [1.54, 1.807) is 24.3 Å². The molecule has 0 heterocycles. The summed E-state index contributed by atoms with van der Waals surface area (Å²) in [5.74, 6) is -0.928. The predicted molar refractivity (Wildman–Crippen MR) is 76.6 cm³/mol. The Hall–Kier alpha value is -2.00. The Morgan fingerprint density at radius 1 is 1.11 bits per heavy atom. The molecule has 4 heteroatoms. The average molecular weight is 276 g/mol.